The van der Waals surface area contributed by atoms with Crippen molar-refractivity contribution in [2.24, 2.45) is 0 Å². The van der Waals surface area contributed by atoms with Crippen molar-refractivity contribution in [2.75, 3.05) is 0 Å². The van der Waals surface area contributed by atoms with Crippen molar-refractivity contribution >= 4 is 26.1 Å². The fourth-order valence-corrected chi connectivity index (χ4v) is 4.49. The molecule has 0 radical (unpaired) electrons. The van der Waals surface area contributed by atoms with Crippen molar-refractivity contribution in [3.63, 3.8) is 0 Å². The smallest absolute Gasteiger partial charge is 0.368 e. The number of aromatic nitrogens is 2. The molecule has 0 amide bonds. The summed E-state index contributed by atoms with van der Waals surface area (Å²) in [5.41, 5.74) is 0.754. The molecule has 132 valence electrons. The van der Waals surface area contributed by atoms with Crippen LogP contribution in [0.5, 0.6) is 0 Å². The Kier molecular flexibility index (Phi) is 5.57. The van der Waals surface area contributed by atoms with Crippen LogP contribution < -0.4 is 0 Å². The molecule has 0 fully saturated rings. The minimum Gasteiger partial charge on any atom is -0.368 e. The molecule has 1 aromatic heterocycles. The second-order valence-corrected chi connectivity index (χ2v) is 9.42. The van der Waals surface area contributed by atoms with Crippen molar-refractivity contribution in [1.29, 1.82) is 0 Å². The lowest BCUT2D eigenvalue weighted by molar-refractivity contribution is 0.120. The van der Waals surface area contributed by atoms with Gasteiger partial charge in [-0.3, -0.25) is 9.13 Å². The fourth-order valence-electron chi connectivity index (χ4n) is 2.24. The largest absolute Gasteiger partial charge is 0.369 e. The summed E-state index contributed by atoms with van der Waals surface area (Å²) in [6, 6.07) is 7.37. The summed E-state index contributed by atoms with van der Waals surface area (Å²) in [6.45, 7) is 0. The van der Waals surface area contributed by atoms with E-state index in [1.165, 1.54) is 0 Å². The van der Waals surface area contributed by atoms with Gasteiger partial charge >= 0.3 is 15.2 Å². The molecule has 1 heterocycles. The van der Waals surface area contributed by atoms with Gasteiger partial charge in [0.05, 0.1) is 5.52 Å². The van der Waals surface area contributed by atoms with Crippen LogP contribution in [0.2, 0.25) is 0 Å². The van der Waals surface area contributed by atoms with Gasteiger partial charge in [-0.25, -0.2) is 9.97 Å². The standard InChI is InChI=1S/C13H18N2O7P2/c16-13(23(17,18)19,24(20,21)22)8-4-3-7-12-14-9-10-5-1-2-6-11(10)15-12/h1-2,5-6,9,16H,3-4,7-8H2,(H2,17,18,19)(H2,20,21,22). The molecule has 0 spiro atoms. The SMILES string of the molecule is O=P(O)(O)C(O)(CCCCc1ncc2ccccc2n1)P(=O)(O)O. The van der Waals surface area contributed by atoms with Crippen LogP contribution in [0.4, 0.5) is 0 Å². The van der Waals surface area contributed by atoms with Gasteiger partial charge in [-0.2, -0.15) is 0 Å². The number of hydrogen-bond donors (Lipinski definition) is 5. The molecule has 2 rings (SSSR count). The molecule has 5 N–H and O–H groups in total. The Hall–Kier alpha value is -1.18. The second kappa shape index (κ2) is 6.98. The molecule has 0 aliphatic rings. The van der Waals surface area contributed by atoms with E-state index in [4.69, 9.17) is 19.6 Å². The highest BCUT2D eigenvalue weighted by Gasteiger charge is 2.58. The summed E-state index contributed by atoms with van der Waals surface area (Å²) >= 11 is 0. The Labute approximate surface area is 137 Å². The molecular weight excluding hydrogens is 358 g/mol. The average molecular weight is 376 g/mol. The molecular formula is C13H18N2O7P2. The molecule has 0 bridgehead atoms. The number of hydrogen-bond acceptors (Lipinski definition) is 5. The van der Waals surface area contributed by atoms with Crippen molar-refractivity contribution in [1.82, 2.24) is 9.97 Å². The van der Waals surface area contributed by atoms with E-state index in [0.29, 0.717) is 18.7 Å². The Bertz CT molecular complexity index is 795. The van der Waals surface area contributed by atoms with E-state index in [9.17, 15) is 14.2 Å². The zero-order valence-electron chi connectivity index (χ0n) is 12.6. The highest BCUT2D eigenvalue weighted by molar-refractivity contribution is 7.72. The van der Waals surface area contributed by atoms with Gasteiger partial charge in [0.15, 0.2) is 0 Å². The van der Waals surface area contributed by atoms with Gasteiger partial charge in [0.2, 0.25) is 0 Å². The van der Waals surface area contributed by atoms with E-state index in [0.717, 1.165) is 10.9 Å². The lowest BCUT2D eigenvalue weighted by atomic mass is 10.2. The molecule has 0 unspecified atom stereocenters. The van der Waals surface area contributed by atoms with Gasteiger partial charge in [0.25, 0.3) is 5.08 Å². The highest BCUT2D eigenvalue weighted by Crippen LogP contribution is 2.69. The summed E-state index contributed by atoms with van der Waals surface area (Å²) in [7, 11) is -10.8. The Morgan fingerprint density at radius 2 is 1.62 bits per heavy atom. The fraction of sp³-hybridized carbons (Fsp3) is 0.385. The summed E-state index contributed by atoms with van der Waals surface area (Å²) < 4.78 is 22.5. The predicted octanol–water partition coefficient (Wildman–Crippen LogP) is 1.34. The van der Waals surface area contributed by atoms with Crippen LogP contribution >= 0.6 is 15.2 Å². The van der Waals surface area contributed by atoms with Crippen molar-refractivity contribution in [2.45, 2.75) is 30.8 Å². The minimum absolute atomic E-state index is 0.0110. The molecule has 0 aliphatic carbocycles. The van der Waals surface area contributed by atoms with E-state index in [2.05, 4.69) is 9.97 Å². The highest BCUT2D eigenvalue weighted by atomic mass is 31.2. The number of unbranched alkanes of at least 4 members (excludes halogenated alkanes) is 1. The Morgan fingerprint density at radius 3 is 2.25 bits per heavy atom. The number of para-hydroxylation sites is 1. The summed E-state index contributed by atoms with van der Waals surface area (Å²) in [4.78, 5) is 44.7. The molecule has 0 saturated heterocycles. The first-order chi connectivity index (χ1) is 11.0. The monoisotopic (exact) mass is 376 g/mol. The number of aliphatic hydroxyl groups is 1. The summed E-state index contributed by atoms with van der Waals surface area (Å²) in [5, 5.41) is 7.28. The number of aryl methyl sites for hydroxylation is 1. The van der Waals surface area contributed by atoms with Gasteiger partial charge in [0, 0.05) is 18.0 Å². The maximum Gasteiger partial charge on any atom is 0.369 e. The average Bonchev–Trinajstić information content (AvgIpc) is 2.49. The number of benzene rings is 1. The number of fused-ring (bicyclic) bond motifs is 1. The van der Waals surface area contributed by atoms with Gasteiger partial charge in [0.1, 0.15) is 5.82 Å². The third-order valence-electron chi connectivity index (χ3n) is 3.63. The van der Waals surface area contributed by atoms with Crippen LogP contribution in [0.15, 0.2) is 30.5 Å². The molecule has 1 aromatic carbocycles. The Balaban J connectivity index is 2.00. The van der Waals surface area contributed by atoms with Crippen LogP contribution in [0.25, 0.3) is 10.9 Å². The Morgan fingerprint density at radius 1 is 1.00 bits per heavy atom. The van der Waals surface area contributed by atoms with E-state index in [-0.39, 0.29) is 6.42 Å². The first-order valence-corrected chi connectivity index (χ1v) is 10.3. The third kappa shape index (κ3) is 4.07. The number of rotatable bonds is 7. The quantitative estimate of drug-likeness (QED) is 0.355. The molecule has 11 heteroatoms. The maximum absolute atomic E-state index is 11.2. The topological polar surface area (TPSA) is 161 Å². The minimum atomic E-state index is -5.39. The normalized spacial score (nSPS) is 13.4. The predicted molar refractivity (Wildman–Crippen MR) is 86.1 cm³/mol. The van der Waals surface area contributed by atoms with Crippen molar-refractivity contribution < 1.29 is 33.8 Å². The zero-order valence-corrected chi connectivity index (χ0v) is 14.3. The first-order valence-electron chi connectivity index (χ1n) is 7.09. The van der Waals surface area contributed by atoms with E-state index in [1.54, 1.807) is 6.20 Å². The van der Waals surface area contributed by atoms with Gasteiger partial charge < -0.3 is 24.7 Å². The molecule has 24 heavy (non-hydrogen) atoms. The zero-order chi connectivity index (χ0) is 18.0. The van der Waals surface area contributed by atoms with Crippen LogP contribution in [0, 0.1) is 0 Å². The summed E-state index contributed by atoms with van der Waals surface area (Å²) in [5.74, 6) is 0.504. The van der Waals surface area contributed by atoms with Crippen LogP contribution in [0.3, 0.4) is 0 Å². The van der Waals surface area contributed by atoms with Crippen LogP contribution in [-0.4, -0.2) is 39.7 Å². The molecule has 2 aromatic rings. The molecule has 0 atom stereocenters. The molecule has 9 nitrogen and oxygen atoms in total. The summed E-state index contributed by atoms with van der Waals surface area (Å²) in [6.07, 6.45) is 1.57. The van der Waals surface area contributed by atoms with Crippen molar-refractivity contribution in [3.8, 4) is 0 Å². The molecule has 0 aliphatic heterocycles. The lowest BCUT2D eigenvalue weighted by Gasteiger charge is -2.29. The van der Waals surface area contributed by atoms with Crippen LogP contribution in [-0.2, 0) is 15.6 Å². The van der Waals surface area contributed by atoms with Crippen molar-refractivity contribution in [3.05, 3.63) is 36.3 Å². The van der Waals surface area contributed by atoms with Gasteiger partial charge in [-0.05, 0) is 25.3 Å². The van der Waals surface area contributed by atoms with Gasteiger partial charge in [-0.1, -0.05) is 18.2 Å². The first kappa shape index (κ1) is 19.1. The van der Waals surface area contributed by atoms with E-state index >= 15 is 0 Å². The lowest BCUT2D eigenvalue weighted by Crippen LogP contribution is -2.28. The van der Waals surface area contributed by atoms with Crippen LogP contribution in [0.1, 0.15) is 25.1 Å². The molecule has 0 saturated carbocycles. The van der Waals surface area contributed by atoms with E-state index in [1.807, 2.05) is 24.3 Å². The van der Waals surface area contributed by atoms with E-state index < -0.39 is 26.7 Å². The number of nitrogens with zero attached hydrogens (tertiary/aromatic N) is 2. The third-order valence-corrected chi connectivity index (χ3v) is 7.51. The second-order valence-electron chi connectivity index (χ2n) is 5.41. The maximum atomic E-state index is 11.2. The van der Waals surface area contributed by atoms with Gasteiger partial charge in [-0.15, -0.1) is 0 Å².